The Morgan fingerprint density at radius 1 is 0.138 bits per heavy atom. The first-order valence-corrected chi connectivity index (χ1v) is 44.4. The van der Waals surface area contributed by atoms with Crippen molar-refractivity contribution in [2.24, 2.45) is 0 Å². The van der Waals surface area contributed by atoms with Crippen LogP contribution in [0.3, 0.4) is 0 Å². The van der Waals surface area contributed by atoms with E-state index >= 15 is 0 Å². The number of para-hydroxylation sites is 4. The van der Waals surface area contributed by atoms with E-state index in [1.807, 2.05) is 36.5 Å². The zero-order valence-corrected chi connectivity index (χ0v) is 70.5. The predicted octanol–water partition coefficient (Wildman–Crippen LogP) is 35.6. The molecule has 5 aromatic heterocycles. The molecule has 0 N–H and O–H groups in total. The lowest BCUT2D eigenvalue weighted by molar-refractivity contribution is 0.668. The Hall–Kier alpha value is -17.3. The van der Waals surface area contributed by atoms with Crippen molar-refractivity contribution in [1.29, 1.82) is 0 Å². The summed E-state index contributed by atoms with van der Waals surface area (Å²) in [5.41, 5.74) is 30.8. The highest BCUT2D eigenvalue weighted by Gasteiger charge is 2.28. The third-order valence-electron chi connectivity index (χ3n) is 26.3. The molecule has 130 heavy (non-hydrogen) atoms. The predicted molar refractivity (Wildman–Crippen MR) is 546 cm³/mol. The van der Waals surface area contributed by atoms with Crippen LogP contribution in [0.25, 0.3) is 264 Å². The number of furan rings is 4. The minimum absolute atomic E-state index is 0.885. The van der Waals surface area contributed by atoms with Gasteiger partial charge in [0.1, 0.15) is 44.7 Å². The molecule has 5 heterocycles. The topological polar surface area (TPSA) is 65.5 Å². The summed E-state index contributed by atoms with van der Waals surface area (Å²) >= 11 is 0. The van der Waals surface area contributed by atoms with Crippen molar-refractivity contribution < 1.29 is 17.7 Å². The lowest BCUT2D eigenvalue weighted by atomic mass is 9.84. The van der Waals surface area contributed by atoms with E-state index in [9.17, 15) is 0 Å². The molecule has 0 aliphatic carbocycles. The first-order chi connectivity index (χ1) is 64.6. The summed E-state index contributed by atoms with van der Waals surface area (Å²) in [7, 11) is 0. The van der Waals surface area contributed by atoms with Gasteiger partial charge in [-0.25, -0.2) is 0 Å². The molecule has 0 saturated carbocycles. The third-order valence-corrected chi connectivity index (χ3v) is 26.3. The second kappa shape index (κ2) is 31.5. The minimum Gasteiger partial charge on any atom is -0.456 e. The van der Waals surface area contributed by atoms with Crippen molar-refractivity contribution in [2.75, 3.05) is 0 Å². The van der Waals surface area contributed by atoms with E-state index in [0.717, 1.165) is 121 Å². The van der Waals surface area contributed by atoms with Crippen molar-refractivity contribution in [3.63, 3.8) is 0 Å². The van der Waals surface area contributed by atoms with Crippen LogP contribution in [0.15, 0.2) is 485 Å². The van der Waals surface area contributed by atoms with Gasteiger partial charge in [-0.1, -0.05) is 394 Å². The van der Waals surface area contributed by atoms with Gasteiger partial charge in [-0.3, -0.25) is 4.98 Å². The number of aromatic nitrogens is 1. The summed E-state index contributed by atoms with van der Waals surface area (Å²) in [6.07, 6.45) is 3.71. The van der Waals surface area contributed by atoms with Crippen LogP contribution in [0.2, 0.25) is 0 Å². The molecule has 0 saturated heterocycles. The van der Waals surface area contributed by atoms with Crippen molar-refractivity contribution in [3.8, 4) is 111 Å². The first-order valence-electron chi connectivity index (χ1n) is 44.4. The number of hydrogen-bond donors (Lipinski definition) is 0. The van der Waals surface area contributed by atoms with Gasteiger partial charge >= 0.3 is 0 Å². The van der Waals surface area contributed by atoms with Gasteiger partial charge in [0.15, 0.2) is 0 Å². The van der Waals surface area contributed by atoms with E-state index < -0.39 is 0 Å². The van der Waals surface area contributed by atoms with Gasteiger partial charge < -0.3 is 17.7 Å². The number of nitrogens with zero attached hydrogens (tertiary/aromatic N) is 1. The highest BCUT2D eigenvalue weighted by atomic mass is 16.3. The molecule has 0 aliphatic rings. The van der Waals surface area contributed by atoms with Gasteiger partial charge in [0.05, 0.1) is 0 Å². The van der Waals surface area contributed by atoms with Gasteiger partial charge in [0.25, 0.3) is 0 Å². The maximum Gasteiger partial charge on any atom is 0.143 e. The van der Waals surface area contributed by atoms with Gasteiger partial charge in [0.2, 0.25) is 0 Å². The van der Waals surface area contributed by atoms with E-state index in [-0.39, 0.29) is 0 Å². The van der Waals surface area contributed by atoms with Gasteiger partial charge in [-0.05, 0) is 214 Å². The zero-order valence-electron chi connectivity index (χ0n) is 70.5. The standard InChI is InChI=1S/C44H26O2.C44H28O.C37H23NO/c1-2-12-27(13-3-1)41-31-15-4-6-17-33(31)42(34-18-7-5-16-32(34)41)36-24-23-29(44-43(36)35-19-9-11-21-39(35)46-44)28-22-25-40-37(26-28)30-14-8-10-20-38(30)45-40;1-3-13-29(14-4-1)30-23-25-31(26-24-30)33-27-28-39(43-38-21-11-12-22-40(38)45-44(33)43)42-36-19-9-7-17-34(36)41(32-15-5-2-6-16-32)35-18-8-10-20-37(35)42;1-2-11-24(12-3-1)34-27-14-4-6-16-29(27)35(30-17-7-5-15-28(30)34)32-21-20-26(25-13-10-22-38-23-25)37-36(32)31-18-8-9-19-33(31)39-37/h1-26H;1-28H;1-23H. The normalized spacial score (nSPS) is 11.7. The maximum atomic E-state index is 6.77. The van der Waals surface area contributed by atoms with Crippen LogP contribution in [0, 0.1) is 0 Å². The highest BCUT2D eigenvalue weighted by Crippen LogP contribution is 2.54. The molecule has 5 heteroatoms. The number of fused-ring (bicyclic) bond motifs is 18. The molecule has 27 aromatic rings. The van der Waals surface area contributed by atoms with E-state index in [2.05, 4.69) is 430 Å². The Balaban J connectivity index is 0.000000106. The van der Waals surface area contributed by atoms with Crippen LogP contribution in [0.1, 0.15) is 0 Å². The number of pyridine rings is 1. The average Bonchev–Trinajstić information content (AvgIpc) is 1.11. The molecule has 5 nitrogen and oxygen atoms in total. The summed E-state index contributed by atoms with van der Waals surface area (Å²) in [5, 5.41) is 23.9. The Morgan fingerprint density at radius 3 is 0.715 bits per heavy atom. The quantitative estimate of drug-likeness (QED) is 0.128. The number of rotatable bonds is 10. The van der Waals surface area contributed by atoms with E-state index in [1.165, 1.54) is 143 Å². The molecule has 0 amide bonds. The molecule has 27 rings (SSSR count). The van der Waals surface area contributed by atoms with E-state index in [1.54, 1.807) is 6.20 Å². The van der Waals surface area contributed by atoms with Gasteiger partial charge in [-0.2, -0.15) is 0 Å². The molecule has 0 atom stereocenters. The monoisotopic (exact) mass is 1660 g/mol. The van der Waals surface area contributed by atoms with Crippen LogP contribution < -0.4 is 0 Å². The van der Waals surface area contributed by atoms with Crippen molar-refractivity contribution >= 4 is 152 Å². The SMILES string of the molecule is c1ccc(-c2c3ccccc3c(-c3ccc(-c4ccc5oc6ccccc6c5c4)c4oc5ccccc5c34)c3ccccc23)cc1.c1ccc(-c2c3ccccc3c(-c3ccc(-c4cccnc4)c4oc5ccccc5c34)c3ccccc23)cc1.c1ccc(-c2ccc(-c3ccc(-c4c5ccccc5c(-c5ccccc5)c5ccccc45)c4c3oc3ccccc34)cc2)cc1. The molecular formula is C125H77NO4. The molecule has 0 radical (unpaired) electrons. The van der Waals surface area contributed by atoms with Crippen molar-refractivity contribution in [1.82, 2.24) is 4.98 Å². The van der Waals surface area contributed by atoms with Crippen LogP contribution >= 0.6 is 0 Å². The third kappa shape index (κ3) is 12.5. The smallest absolute Gasteiger partial charge is 0.143 e. The number of hydrogen-bond acceptors (Lipinski definition) is 5. The van der Waals surface area contributed by atoms with E-state index in [0.29, 0.717) is 0 Å². The summed E-state index contributed by atoms with van der Waals surface area (Å²) in [6, 6.07) is 162. The van der Waals surface area contributed by atoms with Crippen LogP contribution in [0.4, 0.5) is 0 Å². The lowest BCUT2D eigenvalue weighted by Crippen LogP contribution is -1.91. The molecule has 22 aromatic carbocycles. The Bertz CT molecular complexity index is 8970. The molecular weight excluding hydrogens is 1580 g/mol. The van der Waals surface area contributed by atoms with Crippen LogP contribution in [0.5, 0.6) is 0 Å². The Morgan fingerprint density at radius 2 is 0.377 bits per heavy atom. The maximum absolute atomic E-state index is 6.77. The zero-order chi connectivity index (χ0) is 85.7. The molecule has 606 valence electrons. The van der Waals surface area contributed by atoms with Crippen molar-refractivity contribution in [2.45, 2.75) is 0 Å². The molecule has 0 bridgehead atoms. The molecule has 0 spiro atoms. The second-order valence-corrected chi connectivity index (χ2v) is 33.5. The van der Waals surface area contributed by atoms with Crippen molar-refractivity contribution in [3.05, 3.63) is 467 Å². The fraction of sp³-hybridized carbons (Fsp3) is 0. The second-order valence-electron chi connectivity index (χ2n) is 33.5. The largest absolute Gasteiger partial charge is 0.456 e. The summed E-state index contributed by atoms with van der Waals surface area (Å²) in [5.74, 6) is 0. The highest BCUT2D eigenvalue weighted by molar-refractivity contribution is 6.31. The average molecular weight is 1660 g/mol. The molecule has 0 fully saturated rings. The number of benzene rings is 22. The summed E-state index contributed by atoms with van der Waals surface area (Å²) in [6.45, 7) is 0. The van der Waals surface area contributed by atoms with Gasteiger partial charge in [0, 0.05) is 77.7 Å². The Labute approximate surface area is 748 Å². The van der Waals surface area contributed by atoms with E-state index in [4.69, 9.17) is 17.7 Å². The van der Waals surface area contributed by atoms with Crippen LogP contribution in [-0.4, -0.2) is 4.98 Å². The fourth-order valence-corrected chi connectivity index (χ4v) is 20.7. The molecule has 0 unspecified atom stereocenters. The fourth-order valence-electron chi connectivity index (χ4n) is 20.7. The molecule has 0 aliphatic heterocycles. The Kier molecular flexibility index (Phi) is 18.2. The van der Waals surface area contributed by atoms with Crippen LogP contribution in [-0.2, 0) is 0 Å². The summed E-state index contributed by atoms with van der Waals surface area (Å²) < 4.78 is 26.3. The summed E-state index contributed by atoms with van der Waals surface area (Å²) in [4.78, 5) is 4.38. The minimum atomic E-state index is 0.885. The van der Waals surface area contributed by atoms with Gasteiger partial charge in [-0.15, -0.1) is 0 Å². The lowest BCUT2D eigenvalue weighted by Gasteiger charge is -2.18. The first kappa shape index (κ1) is 75.3.